The van der Waals surface area contributed by atoms with E-state index in [1.54, 1.807) is 11.3 Å². The van der Waals surface area contributed by atoms with E-state index in [1.165, 1.54) is 29.8 Å². The van der Waals surface area contributed by atoms with Gasteiger partial charge in [-0.25, -0.2) is 9.97 Å². The molecule has 0 saturated carbocycles. The summed E-state index contributed by atoms with van der Waals surface area (Å²) < 4.78 is 0. The number of aromatic nitrogens is 2. The number of fused-ring (bicyclic) bond motifs is 1. The highest BCUT2D eigenvalue weighted by atomic mass is 32.1. The molecule has 0 fully saturated rings. The standard InChI is InChI=1S/C11H13N3S2/c1-12-7-3-2-4-8-9(7)14-11(16-8)10-13-5-6-15-10/h5-7,12H,2-4H2,1H3. The van der Waals surface area contributed by atoms with Gasteiger partial charge in [0.25, 0.3) is 0 Å². The van der Waals surface area contributed by atoms with Gasteiger partial charge in [-0.2, -0.15) is 0 Å². The van der Waals surface area contributed by atoms with Crippen molar-refractivity contribution in [1.82, 2.24) is 15.3 Å². The maximum atomic E-state index is 4.75. The number of rotatable bonds is 2. The van der Waals surface area contributed by atoms with Crippen molar-refractivity contribution in [3.63, 3.8) is 0 Å². The first-order valence-electron chi connectivity index (χ1n) is 5.45. The van der Waals surface area contributed by atoms with Gasteiger partial charge in [0.15, 0.2) is 10.0 Å². The van der Waals surface area contributed by atoms with E-state index in [4.69, 9.17) is 4.98 Å². The van der Waals surface area contributed by atoms with Crippen LogP contribution in [0.3, 0.4) is 0 Å². The largest absolute Gasteiger partial charge is 0.312 e. The molecular weight excluding hydrogens is 238 g/mol. The molecule has 5 heteroatoms. The lowest BCUT2D eigenvalue weighted by Crippen LogP contribution is -2.21. The number of hydrogen-bond acceptors (Lipinski definition) is 5. The van der Waals surface area contributed by atoms with E-state index in [0.29, 0.717) is 6.04 Å². The van der Waals surface area contributed by atoms with Gasteiger partial charge in [0, 0.05) is 16.5 Å². The summed E-state index contributed by atoms with van der Waals surface area (Å²) in [5, 5.41) is 7.49. The third kappa shape index (κ3) is 1.69. The van der Waals surface area contributed by atoms with Gasteiger partial charge < -0.3 is 5.32 Å². The fourth-order valence-corrected chi connectivity index (χ4v) is 3.96. The fraction of sp³-hybridized carbons (Fsp3) is 0.455. The van der Waals surface area contributed by atoms with E-state index in [0.717, 1.165) is 10.0 Å². The number of aryl methyl sites for hydroxylation is 1. The van der Waals surface area contributed by atoms with Crippen LogP contribution in [0.4, 0.5) is 0 Å². The van der Waals surface area contributed by atoms with Crippen LogP contribution in [-0.2, 0) is 6.42 Å². The van der Waals surface area contributed by atoms with Crippen LogP contribution in [0.1, 0.15) is 29.5 Å². The summed E-state index contributed by atoms with van der Waals surface area (Å²) in [5.41, 5.74) is 1.25. The molecule has 2 heterocycles. The lowest BCUT2D eigenvalue weighted by molar-refractivity contribution is 0.490. The molecule has 0 aromatic carbocycles. The molecule has 0 saturated heterocycles. The third-order valence-corrected chi connectivity index (χ3v) is 4.96. The Balaban J connectivity index is 2.02. The fourth-order valence-electron chi connectivity index (χ4n) is 2.12. The first kappa shape index (κ1) is 10.4. The van der Waals surface area contributed by atoms with Crippen LogP contribution >= 0.6 is 22.7 Å². The topological polar surface area (TPSA) is 37.8 Å². The molecule has 1 unspecified atom stereocenters. The Morgan fingerprint density at radius 3 is 3.12 bits per heavy atom. The van der Waals surface area contributed by atoms with Crippen molar-refractivity contribution in [3.05, 3.63) is 22.1 Å². The predicted molar refractivity (Wildman–Crippen MR) is 68.0 cm³/mol. The van der Waals surface area contributed by atoms with Crippen LogP contribution in [0, 0.1) is 0 Å². The molecule has 16 heavy (non-hydrogen) atoms. The van der Waals surface area contributed by atoms with E-state index in [2.05, 4.69) is 10.3 Å². The van der Waals surface area contributed by atoms with E-state index < -0.39 is 0 Å². The lowest BCUT2D eigenvalue weighted by atomic mass is 9.98. The molecule has 3 rings (SSSR count). The Bertz CT molecular complexity index is 475. The van der Waals surface area contributed by atoms with Crippen LogP contribution in [0.5, 0.6) is 0 Å². The molecular formula is C11H13N3S2. The van der Waals surface area contributed by atoms with Crippen LogP contribution in [-0.4, -0.2) is 17.0 Å². The number of nitrogens with one attached hydrogen (secondary N) is 1. The molecule has 0 radical (unpaired) electrons. The summed E-state index contributed by atoms with van der Waals surface area (Å²) in [6, 6.07) is 0.439. The summed E-state index contributed by atoms with van der Waals surface area (Å²) in [6.45, 7) is 0. The number of hydrogen-bond donors (Lipinski definition) is 1. The maximum Gasteiger partial charge on any atom is 0.152 e. The van der Waals surface area contributed by atoms with E-state index in [9.17, 15) is 0 Å². The quantitative estimate of drug-likeness (QED) is 0.892. The summed E-state index contributed by atoms with van der Waals surface area (Å²) in [4.78, 5) is 10.5. The summed E-state index contributed by atoms with van der Waals surface area (Å²) in [6.07, 6.45) is 5.48. The minimum absolute atomic E-state index is 0.439. The predicted octanol–water partition coefficient (Wildman–Crippen LogP) is 2.86. The monoisotopic (exact) mass is 251 g/mol. The first-order chi connectivity index (χ1) is 7.88. The Morgan fingerprint density at radius 1 is 1.44 bits per heavy atom. The number of thiazole rings is 2. The highest BCUT2D eigenvalue weighted by Gasteiger charge is 2.24. The SMILES string of the molecule is CNC1CCCc2sc(-c3nccs3)nc21. The highest BCUT2D eigenvalue weighted by molar-refractivity contribution is 7.20. The van der Waals surface area contributed by atoms with E-state index in [1.807, 2.05) is 30.0 Å². The van der Waals surface area contributed by atoms with Crippen LogP contribution in [0.25, 0.3) is 10.0 Å². The second-order valence-corrected chi connectivity index (χ2v) is 5.88. The average molecular weight is 251 g/mol. The average Bonchev–Trinajstić information content (AvgIpc) is 2.96. The van der Waals surface area contributed by atoms with E-state index in [-0.39, 0.29) is 0 Å². The van der Waals surface area contributed by atoms with E-state index >= 15 is 0 Å². The van der Waals surface area contributed by atoms with Gasteiger partial charge in [-0.1, -0.05) is 0 Å². The van der Waals surface area contributed by atoms with Crippen molar-refractivity contribution in [2.45, 2.75) is 25.3 Å². The summed E-state index contributed by atoms with van der Waals surface area (Å²) in [7, 11) is 2.02. The molecule has 0 aliphatic heterocycles. The second kappa shape index (κ2) is 4.24. The molecule has 2 aromatic rings. The zero-order valence-electron chi connectivity index (χ0n) is 9.06. The first-order valence-corrected chi connectivity index (χ1v) is 7.15. The molecule has 0 bridgehead atoms. The van der Waals surface area contributed by atoms with Gasteiger partial charge in [0.05, 0.1) is 11.7 Å². The van der Waals surface area contributed by atoms with Gasteiger partial charge in [-0.3, -0.25) is 0 Å². The second-order valence-electron chi connectivity index (χ2n) is 3.90. The smallest absolute Gasteiger partial charge is 0.152 e. The molecule has 1 N–H and O–H groups in total. The molecule has 1 aliphatic carbocycles. The van der Waals surface area contributed by atoms with Crippen LogP contribution < -0.4 is 5.32 Å². The van der Waals surface area contributed by atoms with Crippen LogP contribution in [0.2, 0.25) is 0 Å². The minimum atomic E-state index is 0.439. The van der Waals surface area contributed by atoms with Crippen molar-refractivity contribution in [2.24, 2.45) is 0 Å². The highest BCUT2D eigenvalue weighted by Crippen LogP contribution is 2.37. The molecule has 1 aliphatic rings. The Morgan fingerprint density at radius 2 is 2.38 bits per heavy atom. The zero-order valence-corrected chi connectivity index (χ0v) is 10.7. The van der Waals surface area contributed by atoms with Crippen molar-refractivity contribution in [3.8, 4) is 10.0 Å². The number of nitrogens with zero attached hydrogens (tertiary/aromatic N) is 2. The van der Waals surface area contributed by atoms with Crippen molar-refractivity contribution in [2.75, 3.05) is 7.05 Å². The Kier molecular flexibility index (Phi) is 2.75. The van der Waals surface area contributed by atoms with Gasteiger partial charge in [0.1, 0.15) is 0 Å². The van der Waals surface area contributed by atoms with Gasteiger partial charge in [-0.05, 0) is 26.3 Å². The van der Waals surface area contributed by atoms with Gasteiger partial charge in [0.2, 0.25) is 0 Å². The maximum absolute atomic E-state index is 4.75. The zero-order chi connectivity index (χ0) is 11.0. The Labute approximate surface area is 103 Å². The molecule has 3 nitrogen and oxygen atoms in total. The van der Waals surface area contributed by atoms with Crippen LogP contribution in [0.15, 0.2) is 11.6 Å². The van der Waals surface area contributed by atoms with Crippen molar-refractivity contribution in [1.29, 1.82) is 0 Å². The lowest BCUT2D eigenvalue weighted by Gasteiger charge is -2.19. The molecule has 84 valence electrons. The Hall–Kier alpha value is -0.780. The molecule has 1 atom stereocenters. The van der Waals surface area contributed by atoms with Gasteiger partial charge in [-0.15, -0.1) is 22.7 Å². The molecule has 2 aromatic heterocycles. The third-order valence-electron chi connectivity index (χ3n) is 2.92. The van der Waals surface area contributed by atoms with Gasteiger partial charge >= 0.3 is 0 Å². The summed E-state index contributed by atoms with van der Waals surface area (Å²) in [5.74, 6) is 0. The minimum Gasteiger partial charge on any atom is -0.312 e. The summed E-state index contributed by atoms with van der Waals surface area (Å²) >= 11 is 3.47. The van der Waals surface area contributed by atoms with Crippen molar-refractivity contribution < 1.29 is 0 Å². The molecule has 0 spiro atoms. The normalized spacial score (nSPS) is 19.7. The molecule has 0 amide bonds. The van der Waals surface area contributed by atoms with Crippen molar-refractivity contribution >= 4 is 22.7 Å².